The van der Waals surface area contributed by atoms with Crippen LogP contribution in [0.2, 0.25) is 0 Å². The molecule has 1 aromatic rings. The van der Waals surface area contributed by atoms with Crippen LogP contribution in [0.1, 0.15) is 50.8 Å². The lowest BCUT2D eigenvalue weighted by molar-refractivity contribution is 0.233. The molecule has 18 heavy (non-hydrogen) atoms. The van der Waals surface area contributed by atoms with Gasteiger partial charge in [0.1, 0.15) is 0 Å². The first kappa shape index (κ1) is 13.4. The van der Waals surface area contributed by atoms with Gasteiger partial charge in [0, 0.05) is 7.05 Å². The number of nitrogens with two attached hydrogens (primary N) is 1. The highest BCUT2D eigenvalue weighted by atomic mass is 16.5. The van der Waals surface area contributed by atoms with Gasteiger partial charge in [0.15, 0.2) is 5.75 Å². The number of nitrogens with zero attached hydrogens (tertiary/aromatic N) is 2. The molecule has 1 saturated carbocycles. The summed E-state index contributed by atoms with van der Waals surface area (Å²) in [5, 5.41) is 4.25. The second-order valence-corrected chi connectivity index (χ2v) is 5.44. The van der Waals surface area contributed by atoms with E-state index in [1.165, 1.54) is 32.1 Å². The minimum absolute atomic E-state index is 0.0465. The van der Waals surface area contributed by atoms with Crippen LogP contribution in [-0.4, -0.2) is 16.9 Å². The Kier molecular flexibility index (Phi) is 4.27. The minimum atomic E-state index is 0.0465. The number of aryl methyl sites for hydroxylation is 1. The van der Waals surface area contributed by atoms with E-state index in [0.717, 1.165) is 17.4 Å². The topological polar surface area (TPSA) is 53.1 Å². The van der Waals surface area contributed by atoms with Crippen LogP contribution in [0.3, 0.4) is 0 Å². The van der Waals surface area contributed by atoms with Crippen molar-refractivity contribution in [1.82, 2.24) is 9.78 Å². The summed E-state index contributed by atoms with van der Waals surface area (Å²) in [7, 11) is 3.62. The second-order valence-electron chi connectivity index (χ2n) is 5.44. The van der Waals surface area contributed by atoms with Crippen molar-refractivity contribution in [2.24, 2.45) is 24.6 Å². The Morgan fingerprint density at radius 3 is 2.67 bits per heavy atom. The number of hydrogen-bond donors (Lipinski definition) is 1. The summed E-state index contributed by atoms with van der Waals surface area (Å²) in [6.45, 7) is 2.29. The van der Waals surface area contributed by atoms with Crippen molar-refractivity contribution in [2.45, 2.75) is 45.1 Å². The second kappa shape index (κ2) is 5.74. The Morgan fingerprint density at radius 1 is 1.44 bits per heavy atom. The lowest BCUT2D eigenvalue weighted by Gasteiger charge is -2.32. The normalized spacial score (nSPS) is 26.0. The van der Waals surface area contributed by atoms with E-state index in [0.29, 0.717) is 5.92 Å². The molecule has 0 spiro atoms. The number of hydrogen-bond acceptors (Lipinski definition) is 3. The number of aromatic nitrogens is 2. The van der Waals surface area contributed by atoms with Crippen LogP contribution in [0.5, 0.6) is 5.75 Å². The molecule has 1 heterocycles. The number of rotatable bonds is 4. The van der Waals surface area contributed by atoms with Crippen LogP contribution < -0.4 is 10.5 Å². The van der Waals surface area contributed by atoms with Gasteiger partial charge in [-0.2, -0.15) is 5.10 Å². The van der Waals surface area contributed by atoms with E-state index in [1.54, 1.807) is 13.3 Å². The fourth-order valence-corrected chi connectivity index (χ4v) is 3.14. The zero-order chi connectivity index (χ0) is 13.1. The fraction of sp³-hybridized carbons (Fsp3) is 0.786. The summed E-state index contributed by atoms with van der Waals surface area (Å²) >= 11 is 0. The molecular formula is C14H25N3O. The molecule has 1 aliphatic carbocycles. The monoisotopic (exact) mass is 251 g/mol. The highest BCUT2D eigenvalue weighted by Gasteiger charge is 2.29. The average Bonchev–Trinajstić information content (AvgIpc) is 2.79. The molecule has 2 rings (SSSR count). The quantitative estimate of drug-likeness (QED) is 0.895. The van der Waals surface area contributed by atoms with Gasteiger partial charge in [0.25, 0.3) is 0 Å². The van der Waals surface area contributed by atoms with E-state index in [4.69, 9.17) is 10.5 Å². The fourth-order valence-electron chi connectivity index (χ4n) is 3.14. The van der Waals surface area contributed by atoms with Crippen molar-refractivity contribution >= 4 is 0 Å². The highest BCUT2D eigenvalue weighted by molar-refractivity contribution is 5.28. The largest absolute Gasteiger partial charge is 0.493 e. The van der Waals surface area contributed by atoms with Crippen LogP contribution >= 0.6 is 0 Å². The van der Waals surface area contributed by atoms with Crippen molar-refractivity contribution in [2.75, 3.05) is 7.11 Å². The van der Waals surface area contributed by atoms with Gasteiger partial charge in [0.05, 0.1) is 25.0 Å². The van der Waals surface area contributed by atoms with Gasteiger partial charge < -0.3 is 10.5 Å². The van der Waals surface area contributed by atoms with Gasteiger partial charge in [-0.1, -0.05) is 26.2 Å². The summed E-state index contributed by atoms with van der Waals surface area (Å²) in [6, 6.07) is 0.0465. The summed E-state index contributed by atoms with van der Waals surface area (Å²) in [4.78, 5) is 0. The Labute approximate surface area is 110 Å². The standard InChI is InChI=1S/C14H25N3O/c1-4-10-5-7-11(8-6-10)13(15)14-12(18-3)9-16-17(14)2/h9-11,13H,4-8,15H2,1-3H3. The molecule has 1 atom stereocenters. The molecule has 4 heteroatoms. The van der Waals surface area contributed by atoms with Crippen molar-refractivity contribution in [3.8, 4) is 5.75 Å². The Balaban J connectivity index is 2.07. The Morgan fingerprint density at radius 2 is 2.11 bits per heavy atom. The third kappa shape index (κ3) is 2.53. The maximum absolute atomic E-state index is 6.44. The first-order valence-corrected chi connectivity index (χ1v) is 6.98. The van der Waals surface area contributed by atoms with Gasteiger partial charge in [-0.25, -0.2) is 0 Å². The summed E-state index contributed by atoms with van der Waals surface area (Å²) in [5.74, 6) is 2.29. The first-order chi connectivity index (χ1) is 8.67. The van der Waals surface area contributed by atoms with E-state index < -0.39 is 0 Å². The Bertz CT molecular complexity index is 380. The minimum Gasteiger partial charge on any atom is -0.493 e. The average molecular weight is 251 g/mol. The molecule has 1 unspecified atom stereocenters. The molecule has 0 bridgehead atoms. The van der Waals surface area contributed by atoms with E-state index >= 15 is 0 Å². The van der Waals surface area contributed by atoms with Gasteiger partial charge in [0.2, 0.25) is 0 Å². The van der Waals surface area contributed by atoms with E-state index in [1.807, 2.05) is 11.7 Å². The van der Waals surface area contributed by atoms with Crippen molar-refractivity contribution in [3.63, 3.8) is 0 Å². The molecule has 0 saturated heterocycles. The molecule has 2 N–H and O–H groups in total. The van der Waals surface area contributed by atoms with Crippen molar-refractivity contribution < 1.29 is 4.74 Å². The van der Waals surface area contributed by atoms with E-state index in [-0.39, 0.29) is 6.04 Å². The first-order valence-electron chi connectivity index (χ1n) is 6.98. The molecule has 4 nitrogen and oxygen atoms in total. The zero-order valence-electron chi connectivity index (χ0n) is 11.7. The zero-order valence-corrected chi connectivity index (χ0v) is 11.7. The summed E-state index contributed by atoms with van der Waals surface area (Å²) in [6.07, 6.45) is 8.15. The molecular weight excluding hydrogens is 226 g/mol. The summed E-state index contributed by atoms with van der Waals surface area (Å²) in [5.41, 5.74) is 7.48. The van der Waals surface area contributed by atoms with Gasteiger partial charge in [-0.3, -0.25) is 4.68 Å². The molecule has 0 aromatic carbocycles. The van der Waals surface area contributed by atoms with Gasteiger partial charge >= 0.3 is 0 Å². The lowest BCUT2D eigenvalue weighted by Crippen LogP contribution is -2.28. The van der Waals surface area contributed by atoms with Crippen molar-refractivity contribution in [3.05, 3.63) is 11.9 Å². The molecule has 0 radical (unpaired) electrons. The van der Waals surface area contributed by atoms with Gasteiger partial charge in [-0.15, -0.1) is 0 Å². The molecule has 1 aromatic heterocycles. The Hall–Kier alpha value is -1.03. The number of methoxy groups -OCH3 is 1. The maximum Gasteiger partial charge on any atom is 0.161 e. The van der Waals surface area contributed by atoms with Crippen LogP contribution in [0.4, 0.5) is 0 Å². The lowest BCUT2D eigenvalue weighted by atomic mass is 9.77. The van der Waals surface area contributed by atoms with Crippen LogP contribution in [0.25, 0.3) is 0 Å². The van der Waals surface area contributed by atoms with Crippen molar-refractivity contribution in [1.29, 1.82) is 0 Å². The molecule has 0 amide bonds. The third-order valence-corrected chi connectivity index (χ3v) is 4.46. The van der Waals surface area contributed by atoms with Crippen LogP contribution in [0.15, 0.2) is 6.20 Å². The van der Waals surface area contributed by atoms with Gasteiger partial charge in [-0.05, 0) is 24.7 Å². The predicted molar refractivity (Wildman–Crippen MR) is 72.4 cm³/mol. The SMILES string of the molecule is CCC1CCC(C(N)c2c(OC)cnn2C)CC1. The predicted octanol–water partition coefficient (Wildman–Crippen LogP) is 2.64. The summed E-state index contributed by atoms with van der Waals surface area (Å²) < 4.78 is 7.21. The third-order valence-electron chi connectivity index (χ3n) is 4.46. The van der Waals surface area contributed by atoms with Crippen LogP contribution in [0, 0.1) is 11.8 Å². The van der Waals surface area contributed by atoms with Crippen LogP contribution in [-0.2, 0) is 7.05 Å². The van der Waals surface area contributed by atoms with E-state index in [2.05, 4.69) is 12.0 Å². The molecule has 0 aliphatic heterocycles. The smallest absolute Gasteiger partial charge is 0.161 e. The highest BCUT2D eigenvalue weighted by Crippen LogP contribution is 2.38. The van der Waals surface area contributed by atoms with E-state index in [9.17, 15) is 0 Å². The molecule has 1 fully saturated rings. The molecule has 1 aliphatic rings. The molecule has 102 valence electrons. The maximum atomic E-state index is 6.44. The number of ether oxygens (including phenoxy) is 1.